The van der Waals surface area contributed by atoms with Crippen molar-refractivity contribution in [2.24, 2.45) is 11.8 Å². The molecule has 0 saturated carbocycles. The number of carbonyl (C=O) groups is 1. The summed E-state index contributed by atoms with van der Waals surface area (Å²) in [4.78, 5) is 12.0. The number of hydrogen-bond acceptors (Lipinski definition) is 3. The van der Waals surface area contributed by atoms with Crippen LogP contribution in [0.2, 0.25) is 0 Å². The second kappa shape index (κ2) is 10.6. The average molecular weight is 341 g/mol. The fourth-order valence-corrected chi connectivity index (χ4v) is 3.09. The number of piperidine rings is 1. The zero-order chi connectivity index (χ0) is 15.8. The Morgan fingerprint density at radius 2 is 2.13 bits per heavy atom. The summed E-state index contributed by atoms with van der Waals surface area (Å²) < 4.78 is 0. The molecule has 3 unspecified atom stereocenters. The van der Waals surface area contributed by atoms with Crippen molar-refractivity contribution in [2.75, 3.05) is 19.6 Å². The maximum Gasteiger partial charge on any atom is 0.220 e. The highest BCUT2D eigenvalue weighted by molar-refractivity contribution is 5.85. The Morgan fingerprint density at radius 1 is 1.39 bits per heavy atom. The maximum atomic E-state index is 12.0. The molecular formula is C18H29ClN2O2. The lowest BCUT2D eigenvalue weighted by Crippen LogP contribution is -2.37. The third-order valence-corrected chi connectivity index (χ3v) is 4.50. The Labute approximate surface area is 145 Å². The summed E-state index contributed by atoms with van der Waals surface area (Å²) in [6.45, 7) is 4.59. The highest BCUT2D eigenvalue weighted by Crippen LogP contribution is 2.22. The number of rotatable bonds is 7. The lowest BCUT2D eigenvalue weighted by molar-refractivity contribution is -0.122. The van der Waals surface area contributed by atoms with Crippen LogP contribution in [-0.4, -0.2) is 36.8 Å². The lowest BCUT2D eigenvalue weighted by atomic mass is 9.85. The molecule has 1 saturated heterocycles. The maximum absolute atomic E-state index is 12.0. The van der Waals surface area contributed by atoms with Crippen LogP contribution in [0.5, 0.6) is 0 Å². The molecule has 1 aromatic carbocycles. The first-order valence-electron chi connectivity index (χ1n) is 8.34. The molecule has 0 spiro atoms. The van der Waals surface area contributed by atoms with E-state index < -0.39 is 6.10 Å². The van der Waals surface area contributed by atoms with Gasteiger partial charge in [-0.15, -0.1) is 12.4 Å². The van der Waals surface area contributed by atoms with E-state index in [1.807, 2.05) is 30.3 Å². The summed E-state index contributed by atoms with van der Waals surface area (Å²) >= 11 is 0. The molecule has 1 heterocycles. The van der Waals surface area contributed by atoms with Gasteiger partial charge in [-0.3, -0.25) is 4.79 Å². The minimum Gasteiger partial charge on any atom is -0.391 e. The van der Waals surface area contributed by atoms with E-state index in [0.29, 0.717) is 31.2 Å². The van der Waals surface area contributed by atoms with Crippen LogP contribution in [0.4, 0.5) is 0 Å². The highest BCUT2D eigenvalue weighted by Gasteiger charge is 2.22. The van der Waals surface area contributed by atoms with Gasteiger partial charge in [0.25, 0.3) is 0 Å². The second-order valence-corrected chi connectivity index (χ2v) is 6.44. The molecule has 1 amide bonds. The fraction of sp³-hybridized carbons (Fsp3) is 0.611. The highest BCUT2D eigenvalue weighted by atomic mass is 35.5. The number of carbonyl (C=O) groups excluding carboxylic acids is 1. The average Bonchev–Trinajstić information content (AvgIpc) is 2.55. The molecule has 2 rings (SSSR count). The Hall–Kier alpha value is -1.10. The molecule has 1 fully saturated rings. The minimum atomic E-state index is -0.530. The summed E-state index contributed by atoms with van der Waals surface area (Å²) in [5.74, 6) is 1.03. The van der Waals surface area contributed by atoms with E-state index in [1.54, 1.807) is 0 Å². The number of hydrogen-bond donors (Lipinski definition) is 3. The van der Waals surface area contributed by atoms with Gasteiger partial charge < -0.3 is 15.7 Å². The van der Waals surface area contributed by atoms with Crippen molar-refractivity contribution in [2.45, 2.75) is 38.7 Å². The summed E-state index contributed by atoms with van der Waals surface area (Å²) in [6, 6.07) is 9.85. The van der Waals surface area contributed by atoms with Gasteiger partial charge in [-0.05, 0) is 43.3 Å². The van der Waals surface area contributed by atoms with Crippen LogP contribution >= 0.6 is 12.4 Å². The van der Waals surface area contributed by atoms with Crippen molar-refractivity contribution in [3.8, 4) is 0 Å². The van der Waals surface area contributed by atoms with Gasteiger partial charge in [-0.25, -0.2) is 0 Å². The fourth-order valence-electron chi connectivity index (χ4n) is 3.09. The topological polar surface area (TPSA) is 61.4 Å². The molecule has 1 aromatic rings. The summed E-state index contributed by atoms with van der Waals surface area (Å²) in [7, 11) is 0. The third-order valence-electron chi connectivity index (χ3n) is 4.50. The van der Waals surface area contributed by atoms with Crippen LogP contribution in [-0.2, 0) is 11.2 Å². The zero-order valence-corrected chi connectivity index (χ0v) is 14.6. The lowest BCUT2D eigenvalue weighted by Gasteiger charge is -2.28. The van der Waals surface area contributed by atoms with Crippen LogP contribution in [0.15, 0.2) is 30.3 Å². The first kappa shape index (κ1) is 19.9. The Morgan fingerprint density at radius 3 is 2.78 bits per heavy atom. The number of amides is 1. The molecule has 3 N–H and O–H groups in total. The summed E-state index contributed by atoms with van der Waals surface area (Å²) in [5.41, 5.74) is 1.09. The zero-order valence-electron chi connectivity index (χ0n) is 13.8. The SMILES string of the molecule is CC(CC(=O)NCC(O)Cc1ccccc1)C1CCCNC1.Cl. The van der Waals surface area contributed by atoms with Crippen molar-refractivity contribution >= 4 is 18.3 Å². The van der Waals surface area contributed by atoms with E-state index in [4.69, 9.17) is 0 Å². The Kier molecular flexibility index (Phi) is 9.22. The number of nitrogens with one attached hydrogen (secondary N) is 2. The van der Waals surface area contributed by atoms with E-state index in [2.05, 4.69) is 17.6 Å². The monoisotopic (exact) mass is 340 g/mol. The van der Waals surface area contributed by atoms with Crippen LogP contribution in [0.1, 0.15) is 31.7 Å². The smallest absolute Gasteiger partial charge is 0.220 e. The molecule has 0 radical (unpaired) electrons. The number of benzene rings is 1. The standard InChI is InChI=1S/C18H28N2O2.ClH/c1-14(16-8-5-9-19-12-16)10-18(22)20-13-17(21)11-15-6-3-2-4-7-15;/h2-4,6-7,14,16-17,19,21H,5,8-13H2,1H3,(H,20,22);1H. The van der Waals surface area contributed by atoms with Crippen LogP contribution < -0.4 is 10.6 Å². The van der Waals surface area contributed by atoms with Gasteiger partial charge in [0.05, 0.1) is 6.10 Å². The van der Waals surface area contributed by atoms with Crippen molar-refractivity contribution in [3.63, 3.8) is 0 Å². The number of halogens is 1. The van der Waals surface area contributed by atoms with Gasteiger partial charge >= 0.3 is 0 Å². The molecule has 23 heavy (non-hydrogen) atoms. The number of aliphatic hydroxyl groups is 1. The van der Waals surface area contributed by atoms with E-state index in [0.717, 1.165) is 18.7 Å². The largest absolute Gasteiger partial charge is 0.391 e. The normalized spacial score (nSPS) is 20.2. The first-order chi connectivity index (χ1) is 10.6. The Bertz CT molecular complexity index is 450. The minimum absolute atomic E-state index is 0. The van der Waals surface area contributed by atoms with E-state index >= 15 is 0 Å². The van der Waals surface area contributed by atoms with Gasteiger partial charge in [-0.2, -0.15) is 0 Å². The van der Waals surface area contributed by atoms with E-state index in [-0.39, 0.29) is 18.3 Å². The van der Waals surface area contributed by atoms with E-state index in [1.165, 1.54) is 12.8 Å². The molecule has 0 bridgehead atoms. The molecule has 1 aliphatic heterocycles. The summed E-state index contributed by atoms with van der Waals surface area (Å²) in [5, 5.41) is 16.3. The molecule has 130 valence electrons. The Balaban J connectivity index is 0.00000264. The number of aliphatic hydroxyl groups excluding tert-OH is 1. The molecular weight excluding hydrogens is 312 g/mol. The molecule has 0 aromatic heterocycles. The predicted octanol–water partition coefficient (Wildman–Crippen LogP) is 2.15. The van der Waals surface area contributed by atoms with Crippen molar-refractivity contribution in [3.05, 3.63) is 35.9 Å². The third kappa shape index (κ3) is 7.34. The van der Waals surface area contributed by atoms with Crippen LogP contribution in [0.25, 0.3) is 0 Å². The molecule has 1 aliphatic rings. The van der Waals surface area contributed by atoms with Gasteiger partial charge in [0, 0.05) is 19.4 Å². The molecule has 0 aliphatic carbocycles. The molecule has 5 heteroatoms. The first-order valence-corrected chi connectivity index (χ1v) is 8.34. The van der Waals surface area contributed by atoms with E-state index in [9.17, 15) is 9.90 Å². The predicted molar refractivity (Wildman–Crippen MR) is 95.8 cm³/mol. The van der Waals surface area contributed by atoms with Gasteiger partial charge in [-0.1, -0.05) is 37.3 Å². The van der Waals surface area contributed by atoms with Gasteiger partial charge in [0.1, 0.15) is 0 Å². The van der Waals surface area contributed by atoms with Crippen molar-refractivity contribution < 1.29 is 9.90 Å². The van der Waals surface area contributed by atoms with Crippen molar-refractivity contribution in [1.29, 1.82) is 0 Å². The van der Waals surface area contributed by atoms with Crippen LogP contribution in [0, 0.1) is 11.8 Å². The van der Waals surface area contributed by atoms with Gasteiger partial charge in [0.15, 0.2) is 0 Å². The second-order valence-electron chi connectivity index (χ2n) is 6.44. The molecule has 4 nitrogen and oxygen atoms in total. The quantitative estimate of drug-likeness (QED) is 0.712. The van der Waals surface area contributed by atoms with Gasteiger partial charge in [0.2, 0.25) is 5.91 Å². The molecule has 3 atom stereocenters. The summed E-state index contributed by atoms with van der Waals surface area (Å²) in [6.07, 6.45) is 3.00. The van der Waals surface area contributed by atoms with Crippen molar-refractivity contribution in [1.82, 2.24) is 10.6 Å². The van der Waals surface area contributed by atoms with Crippen LogP contribution in [0.3, 0.4) is 0 Å².